The fourth-order valence-corrected chi connectivity index (χ4v) is 0. The van der Waals surface area contributed by atoms with Crippen LogP contribution in [0.4, 0.5) is 0 Å². The van der Waals surface area contributed by atoms with Crippen molar-refractivity contribution in [2.24, 2.45) is 0 Å². The molecule has 4 heteroatoms. The normalized spacial score (nSPS) is 11.2. The summed E-state index contributed by atoms with van der Waals surface area (Å²) >= 11 is 10.8. The zero-order valence-corrected chi connectivity index (χ0v) is 6.55. The Hall–Kier alpha value is 0.920. The van der Waals surface area contributed by atoms with Gasteiger partial charge in [-0.3, -0.25) is 4.79 Å². The van der Waals surface area contributed by atoms with E-state index in [1.165, 1.54) is 0 Å². The summed E-state index contributed by atoms with van der Waals surface area (Å²) in [6.07, 6.45) is 0.536. The van der Waals surface area contributed by atoms with Gasteiger partial charge in [0.05, 0.1) is 0 Å². The highest BCUT2D eigenvalue weighted by molar-refractivity contribution is 9.26. The highest BCUT2D eigenvalue weighted by atomic mass is 79.9. The van der Waals surface area contributed by atoms with Crippen molar-refractivity contribution in [1.82, 2.24) is 0 Å². The van der Waals surface area contributed by atoms with Crippen molar-refractivity contribution in [1.29, 1.82) is 0 Å². The summed E-state index contributed by atoms with van der Waals surface area (Å²) in [5.74, 6) is 0. The summed E-state index contributed by atoms with van der Waals surface area (Å²) < 4.78 is -1.04. The molecular formula is C2HBr2ClO. The Morgan fingerprint density at radius 1 is 1.67 bits per heavy atom. The fraction of sp³-hybridized carbons (Fsp3) is 0.500. The Morgan fingerprint density at radius 3 is 1.83 bits per heavy atom. The van der Waals surface area contributed by atoms with Crippen molar-refractivity contribution in [3.8, 4) is 0 Å². The van der Waals surface area contributed by atoms with Gasteiger partial charge in [-0.25, -0.2) is 0 Å². The van der Waals surface area contributed by atoms with Crippen molar-refractivity contribution in [2.45, 2.75) is 2.69 Å². The van der Waals surface area contributed by atoms with Crippen LogP contribution in [0, 0.1) is 0 Å². The smallest absolute Gasteiger partial charge is 0.208 e. The minimum Gasteiger partial charge on any atom is -0.299 e. The van der Waals surface area contributed by atoms with E-state index in [0.29, 0.717) is 6.29 Å². The summed E-state index contributed by atoms with van der Waals surface area (Å²) in [5, 5.41) is 0. The molecule has 0 saturated carbocycles. The number of aldehydes is 1. The molecule has 0 unspecified atom stereocenters. The quantitative estimate of drug-likeness (QED) is 0.502. The molecular weight excluding hydrogens is 235 g/mol. The van der Waals surface area contributed by atoms with Crippen molar-refractivity contribution in [3.05, 3.63) is 0 Å². The number of hydrogen-bond donors (Lipinski definition) is 0. The molecule has 36 valence electrons. The van der Waals surface area contributed by atoms with Crippen LogP contribution in [0.15, 0.2) is 0 Å². The topological polar surface area (TPSA) is 17.1 Å². The lowest BCUT2D eigenvalue weighted by Gasteiger charge is -1.94. The predicted molar refractivity (Wildman–Crippen MR) is 32.5 cm³/mol. The van der Waals surface area contributed by atoms with Crippen molar-refractivity contribution in [2.75, 3.05) is 0 Å². The molecule has 0 amide bonds. The summed E-state index contributed by atoms with van der Waals surface area (Å²) in [6.45, 7) is 0. The maximum atomic E-state index is 9.60. The van der Waals surface area contributed by atoms with Gasteiger partial charge in [0.25, 0.3) is 0 Å². The zero-order valence-electron chi connectivity index (χ0n) is 2.62. The first-order chi connectivity index (χ1) is 2.56. The first-order valence-corrected chi connectivity index (χ1v) is 3.06. The first kappa shape index (κ1) is 6.92. The number of carbonyl (C=O) groups is 1. The lowest BCUT2D eigenvalue weighted by molar-refractivity contribution is -0.106. The van der Waals surface area contributed by atoms with Crippen molar-refractivity contribution >= 4 is 49.7 Å². The second kappa shape index (κ2) is 2.28. The average Bonchev–Trinajstić information content (AvgIpc) is 1.35. The third kappa shape index (κ3) is 4.92. The van der Waals surface area contributed by atoms with Crippen molar-refractivity contribution in [3.63, 3.8) is 0 Å². The van der Waals surface area contributed by atoms with Crippen LogP contribution in [0.25, 0.3) is 0 Å². The Bertz CT molecular complexity index is 57.1. The van der Waals surface area contributed by atoms with Crippen molar-refractivity contribution < 1.29 is 4.79 Å². The maximum absolute atomic E-state index is 9.60. The molecule has 6 heavy (non-hydrogen) atoms. The van der Waals surface area contributed by atoms with Gasteiger partial charge in [0, 0.05) is 0 Å². The highest BCUT2D eigenvalue weighted by Crippen LogP contribution is 2.27. The predicted octanol–water partition coefficient (Wildman–Crippen LogP) is 1.87. The lowest BCUT2D eigenvalue weighted by atomic mass is 10.9. The van der Waals surface area contributed by atoms with Crippen LogP contribution < -0.4 is 0 Å². The summed E-state index contributed by atoms with van der Waals surface area (Å²) in [4.78, 5) is 9.60. The van der Waals surface area contributed by atoms with E-state index in [-0.39, 0.29) is 0 Å². The minimum atomic E-state index is -1.04. The van der Waals surface area contributed by atoms with Gasteiger partial charge >= 0.3 is 0 Å². The van der Waals surface area contributed by atoms with Crippen LogP contribution in [0.2, 0.25) is 0 Å². The Balaban J connectivity index is 3.45. The Kier molecular flexibility index (Phi) is 2.63. The standard InChI is InChI=1S/C2HBr2ClO/c3-2(4,5)1-6/h1H. The summed E-state index contributed by atoms with van der Waals surface area (Å²) in [6, 6.07) is 0. The van der Waals surface area contributed by atoms with Gasteiger partial charge in [0.1, 0.15) is 0 Å². The molecule has 1 nitrogen and oxygen atoms in total. The zero-order chi connectivity index (χ0) is 5.21. The number of rotatable bonds is 1. The van der Waals surface area contributed by atoms with Crippen LogP contribution in [0.3, 0.4) is 0 Å². The van der Waals surface area contributed by atoms with Crippen LogP contribution in [0.5, 0.6) is 0 Å². The molecule has 0 saturated heterocycles. The van der Waals surface area contributed by atoms with E-state index in [1.54, 1.807) is 0 Å². The van der Waals surface area contributed by atoms with Gasteiger partial charge in [-0.2, -0.15) is 0 Å². The third-order valence-electron chi connectivity index (χ3n) is 0.134. The molecule has 0 spiro atoms. The van der Waals surface area contributed by atoms with Gasteiger partial charge in [-0.05, 0) is 31.9 Å². The third-order valence-corrected chi connectivity index (χ3v) is 0.597. The minimum absolute atomic E-state index is 0.536. The molecule has 0 heterocycles. The Labute approximate surface area is 57.3 Å². The molecule has 0 atom stereocenters. The van der Waals surface area contributed by atoms with E-state index >= 15 is 0 Å². The van der Waals surface area contributed by atoms with E-state index in [2.05, 4.69) is 31.9 Å². The second-order valence-electron chi connectivity index (χ2n) is 0.659. The van der Waals surface area contributed by atoms with Gasteiger partial charge in [0.15, 0.2) is 6.29 Å². The van der Waals surface area contributed by atoms with Crippen LogP contribution in [-0.2, 0) is 4.79 Å². The number of hydrogen-bond acceptors (Lipinski definition) is 1. The molecule has 0 N–H and O–H groups in total. The number of carbonyl (C=O) groups excluding carboxylic acids is 1. The summed E-state index contributed by atoms with van der Waals surface area (Å²) in [5.41, 5.74) is 0. The van der Waals surface area contributed by atoms with E-state index in [1.807, 2.05) is 0 Å². The molecule has 0 aromatic carbocycles. The molecule has 0 aromatic rings. The van der Waals surface area contributed by atoms with Crippen LogP contribution >= 0.6 is 43.5 Å². The van der Waals surface area contributed by atoms with Crippen LogP contribution in [-0.4, -0.2) is 8.98 Å². The molecule has 0 fully saturated rings. The van der Waals surface area contributed by atoms with E-state index in [9.17, 15) is 4.79 Å². The van der Waals surface area contributed by atoms with Gasteiger partial charge in [0.2, 0.25) is 2.69 Å². The fourth-order valence-electron chi connectivity index (χ4n) is 0. The van der Waals surface area contributed by atoms with E-state index in [4.69, 9.17) is 11.6 Å². The second-order valence-corrected chi connectivity index (χ2v) is 5.73. The van der Waals surface area contributed by atoms with E-state index in [0.717, 1.165) is 0 Å². The first-order valence-electron chi connectivity index (χ1n) is 1.09. The monoisotopic (exact) mass is 234 g/mol. The van der Waals surface area contributed by atoms with Gasteiger partial charge in [-0.1, -0.05) is 11.6 Å². The summed E-state index contributed by atoms with van der Waals surface area (Å²) in [7, 11) is 0. The molecule has 0 aliphatic heterocycles. The molecule has 0 aliphatic carbocycles. The maximum Gasteiger partial charge on any atom is 0.208 e. The van der Waals surface area contributed by atoms with Gasteiger partial charge in [-0.15, -0.1) is 0 Å². The molecule has 0 aliphatic rings. The SMILES string of the molecule is O=CC(Cl)(Br)Br. The van der Waals surface area contributed by atoms with Gasteiger partial charge < -0.3 is 0 Å². The molecule has 0 bridgehead atoms. The highest BCUT2D eigenvalue weighted by Gasteiger charge is 2.14. The lowest BCUT2D eigenvalue weighted by Crippen LogP contribution is -1.98. The molecule has 0 radical (unpaired) electrons. The van der Waals surface area contributed by atoms with Crippen LogP contribution in [0.1, 0.15) is 0 Å². The number of alkyl halides is 3. The Morgan fingerprint density at radius 2 is 1.83 bits per heavy atom. The molecule has 0 aromatic heterocycles. The molecule has 0 rings (SSSR count). The largest absolute Gasteiger partial charge is 0.299 e. The van der Waals surface area contributed by atoms with E-state index < -0.39 is 2.69 Å². The number of halogens is 3. The average molecular weight is 236 g/mol.